The number of nitrogens with two attached hydrogens (primary N) is 1. The molecule has 1 aliphatic rings. The molecule has 2 aromatic rings. The van der Waals surface area contributed by atoms with Crippen molar-refractivity contribution in [2.75, 3.05) is 31.1 Å². The Morgan fingerprint density at radius 1 is 1.32 bits per heavy atom. The number of fused-ring (bicyclic) bond motifs is 1. The molecule has 3 N–H and O–H groups in total. The van der Waals surface area contributed by atoms with Crippen LogP contribution in [0.4, 0.5) is 5.95 Å². The van der Waals surface area contributed by atoms with Crippen molar-refractivity contribution in [1.82, 2.24) is 24.4 Å². The van der Waals surface area contributed by atoms with E-state index in [1.165, 1.54) is 11.6 Å². The van der Waals surface area contributed by atoms with Crippen LogP contribution in [0.5, 0.6) is 0 Å². The third-order valence-electron chi connectivity index (χ3n) is 3.90. The summed E-state index contributed by atoms with van der Waals surface area (Å²) in [6, 6.07) is 0. The van der Waals surface area contributed by atoms with Crippen LogP contribution in [0.2, 0.25) is 0 Å². The summed E-state index contributed by atoms with van der Waals surface area (Å²) in [7, 11) is 1.49. The standard InChI is InChI=1S/C13H19N7O2/c1-3-20-8-10(16-11(9(14)21)18(2)12(8)22)17-13(20)19-6-4-15-5-7-19/h15H,3-7H2,1-2H3,(H2,14,21). The Morgan fingerprint density at radius 3 is 2.59 bits per heavy atom. The summed E-state index contributed by atoms with van der Waals surface area (Å²) in [5, 5.41) is 3.28. The highest BCUT2D eigenvalue weighted by molar-refractivity contribution is 5.91. The second-order valence-electron chi connectivity index (χ2n) is 5.23. The van der Waals surface area contributed by atoms with E-state index >= 15 is 0 Å². The summed E-state index contributed by atoms with van der Waals surface area (Å²) >= 11 is 0. The van der Waals surface area contributed by atoms with Crippen LogP contribution in [0, 0.1) is 0 Å². The van der Waals surface area contributed by atoms with Gasteiger partial charge in [-0.1, -0.05) is 0 Å². The van der Waals surface area contributed by atoms with Crippen molar-refractivity contribution in [2.24, 2.45) is 12.8 Å². The maximum absolute atomic E-state index is 12.6. The van der Waals surface area contributed by atoms with E-state index in [2.05, 4.69) is 20.2 Å². The van der Waals surface area contributed by atoms with Gasteiger partial charge < -0.3 is 20.5 Å². The number of amides is 1. The molecule has 1 saturated heterocycles. The van der Waals surface area contributed by atoms with Gasteiger partial charge in [0.25, 0.3) is 11.5 Å². The highest BCUT2D eigenvalue weighted by Gasteiger charge is 2.23. The number of hydrogen-bond donors (Lipinski definition) is 2. The molecule has 0 aromatic carbocycles. The molecule has 0 saturated carbocycles. The number of anilines is 1. The first-order chi connectivity index (χ1) is 10.5. The molecule has 2 aromatic heterocycles. The van der Waals surface area contributed by atoms with Gasteiger partial charge in [0.2, 0.25) is 11.8 Å². The molecule has 3 heterocycles. The molecular weight excluding hydrogens is 286 g/mol. The monoisotopic (exact) mass is 305 g/mol. The number of hydrogen-bond acceptors (Lipinski definition) is 6. The number of carbonyl (C=O) groups is 1. The van der Waals surface area contributed by atoms with Crippen molar-refractivity contribution in [1.29, 1.82) is 0 Å². The lowest BCUT2D eigenvalue weighted by Crippen LogP contribution is -2.44. The van der Waals surface area contributed by atoms with E-state index in [9.17, 15) is 9.59 Å². The van der Waals surface area contributed by atoms with E-state index in [0.29, 0.717) is 18.0 Å². The zero-order chi connectivity index (χ0) is 15.9. The quantitative estimate of drug-likeness (QED) is 0.726. The molecule has 0 bridgehead atoms. The van der Waals surface area contributed by atoms with E-state index in [4.69, 9.17) is 5.73 Å². The first-order valence-electron chi connectivity index (χ1n) is 7.27. The number of carbonyl (C=O) groups excluding carboxylic acids is 1. The van der Waals surface area contributed by atoms with Crippen molar-refractivity contribution in [3.8, 4) is 0 Å². The molecular formula is C13H19N7O2. The lowest BCUT2D eigenvalue weighted by atomic mass is 10.4. The third-order valence-corrected chi connectivity index (χ3v) is 3.90. The predicted octanol–water partition coefficient (Wildman–Crippen LogP) is -1.34. The van der Waals surface area contributed by atoms with Gasteiger partial charge in [0.15, 0.2) is 11.2 Å². The smallest absolute Gasteiger partial charge is 0.284 e. The molecule has 22 heavy (non-hydrogen) atoms. The zero-order valence-electron chi connectivity index (χ0n) is 12.7. The molecule has 0 atom stereocenters. The summed E-state index contributed by atoms with van der Waals surface area (Å²) in [5.41, 5.74) is 5.65. The van der Waals surface area contributed by atoms with Crippen molar-refractivity contribution in [3.05, 3.63) is 16.2 Å². The van der Waals surface area contributed by atoms with E-state index < -0.39 is 5.91 Å². The predicted molar refractivity (Wildman–Crippen MR) is 82.0 cm³/mol. The van der Waals surface area contributed by atoms with Crippen LogP contribution in [0.15, 0.2) is 4.79 Å². The second kappa shape index (κ2) is 5.41. The van der Waals surface area contributed by atoms with Crippen LogP contribution in [-0.4, -0.2) is 51.2 Å². The first kappa shape index (κ1) is 14.5. The maximum atomic E-state index is 12.6. The number of aryl methyl sites for hydroxylation is 1. The highest BCUT2D eigenvalue weighted by Crippen LogP contribution is 2.19. The fourth-order valence-corrected chi connectivity index (χ4v) is 2.77. The Bertz CT molecular complexity index is 786. The third kappa shape index (κ3) is 2.13. The summed E-state index contributed by atoms with van der Waals surface area (Å²) in [6.45, 7) is 5.91. The van der Waals surface area contributed by atoms with Crippen LogP contribution >= 0.6 is 0 Å². The summed E-state index contributed by atoms with van der Waals surface area (Å²) in [5.74, 6) is -0.105. The van der Waals surface area contributed by atoms with Crippen molar-refractivity contribution < 1.29 is 4.79 Å². The fourth-order valence-electron chi connectivity index (χ4n) is 2.77. The normalized spacial score (nSPS) is 15.5. The molecule has 9 nitrogen and oxygen atoms in total. The number of aromatic nitrogens is 4. The SMILES string of the molecule is CCn1c(N2CCNCC2)nc2nc(C(N)=O)n(C)c(=O)c21. The molecule has 0 radical (unpaired) electrons. The summed E-state index contributed by atoms with van der Waals surface area (Å²) in [4.78, 5) is 34.8. The Morgan fingerprint density at radius 2 is 2.00 bits per heavy atom. The highest BCUT2D eigenvalue weighted by atomic mass is 16.2. The van der Waals surface area contributed by atoms with Crippen LogP contribution in [0.3, 0.4) is 0 Å². The van der Waals surface area contributed by atoms with Gasteiger partial charge in [-0.15, -0.1) is 0 Å². The fraction of sp³-hybridized carbons (Fsp3) is 0.538. The van der Waals surface area contributed by atoms with Crippen LogP contribution in [-0.2, 0) is 13.6 Å². The van der Waals surface area contributed by atoms with Crippen molar-refractivity contribution >= 4 is 23.0 Å². The average Bonchev–Trinajstić information content (AvgIpc) is 2.90. The molecule has 1 fully saturated rings. The van der Waals surface area contributed by atoms with Crippen LogP contribution < -0.4 is 21.5 Å². The molecule has 0 aliphatic carbocycles. The second-order valence-corrected chi connectivity index (χ2v) is 5.23. The van der Waals surface area contributed by atoms with Gasteiger partial charge in [-0.05, 0) is 6.92 Å². The minimum atomic E-state index is -0.740. The minimum absolute atomic E-state index is 0.0786. The van der Waals surface area contributed by atoms with Gasteiger partial charge in [0, 0.05) is 39.8 Å². The number of primary amides is 1. The Labute approximate surface area is 126 Å². The van der Waals surface area contributed by atoms with Crippen molar-refractivity contribution in [3.63, 3.8) is 0 Å². The van der Waals surface area contributed by atoms with E-state index in [0.717, 1.165) is 26.2 Å². The lowest BCUT2D eigenvalue weighted by molar-refractivity contribution is 0.0986. The molecule has 1 amide bonds. The molecule has 0 spiro atoms. The molecule has 118 valence electrons. The minimum Gasteiger partial charge on any atom is -0.363 e. The summed E-state index contributed by atoms with van der Waals surface area (Å²) < 4.78 is 3.03. The Balaban J connectivity index is 2.25. The van der Waals surface area contributed by atoms with Gasteiger partial charge in [0.05, 0.1) is 0 Å². The number of piperazine rings is 1. The van der Waals surface area contributed by atoms with Crippen LogP contribution in [0.25, 0.3) is 11.2 Å². The number of imidazole rings is 1. The maximum Gasteiger partial charge on any atom is 0.284 e. The van der Waals surface area contributed by atoms with Gasteiger partial charge >= 0.3 is 0 Å². The van der Waals surface area contributed by atoms with Gasteiger partial charge in [-0.2, -0.15) is 4.98 Å². The number of rotatable bonds is 3. The van der Waals surface area contributed by atoms with Crippen LogP contribution in [0.1, 0.15) is 17.5 Å². The molecule has 0 unspecified atom stereocenters. The average molecular weight is 305 g/mol. The largest absolute Gasteiger partial charge is 0.363 e. The molecule has 9 heteroatoms. The molecule has 1 aliphatic heterocycles. The molecule has 3 rings (SSSR count). The Hall–Kier alpha value is -2.42. The van der Waals surface area contributed by atoms with E-state index in [1.54, 1.807) is 0 Å². The number of nitrogens with zero attached hydrogens (tertiary/aromatic N) is 5. The van der Waals surface area contributed by atoms with Crippen molar-refractivity contribution in [2.45, 2.75) is 13.5 Å². The van der Waals surface area contributed by atoms with E-state index in [1.807, 2.05) is 11.5 Å². The van der Waals surface area contributed by atoms with E-state index in [-0.39, 0.29) is 17.0 Å². The van der Waals surface area contributed by atoms with Gasteiger partial charge in [-0.3, -0.25) is 14.2 Å². The number of nitrogens with one attached hydrogen (secondary N) is 1. The van der Waals surface area contributed by atoms with Gasteiger partial charge in [0.1, 0.15) is 0 Å². The first-order valence-corrected chi connectivity index (χ1v) is 7.27. The van der Waals surface area contributed by atoms with Gasteiger partial charge in [-0.25, -0.2) is 4.98 Å². The zero-order valence-corrected chi connectivity index (χ0v) is 12.7. The Kier molecular flexibility index (Phi) is 3.57. The lowest BCUT2D eigenvalue weighted by Gasteiger charge is -2.28. The topological polar surface area (TPSA) is 111 Å². The summed E-state index contributed by atoms with van der Waals surface area (Å²) in [6.07, 6.45) is 0.